The number of imide groups is 4. The molecule has 0 spiro atoms. The number of nitrogens with zero attached hydrogens (tertiary/aromatic N) is 12. The number of fused-ring (bicyclic) bond motifs is 4. The molecule has 2 saturated heterocycles. The zero-order valence-electron chi connectivity index (χ0n) is 69.5. The largest absolute Gasteiger partial charge is 0.477 e. The third-order valence-corrected chi connectivity index (χ3v) is 21.7. The Morgan fingerprint density at radius 1 is 0.543 bits per heavy atom. The highest BCUT2D eigenvalue weighted by atomic mass is 19.4. The number of pyridine rings is 4. The standard InChI is InChI=1S/C42H40F3N11O6.C21H17F3N4O3.C21H25N7O4.CH3F/c1-21(50-29-7-5-6-24-35(29)41(62)56(40(24)61)33-12-13-34(57)52-39(33)60)32-20-55(54-53-32)15-4-3-14-47-38(59)30-11-8-22(18-48-30)25-16-26-31(17-28(25)42(43,44)45)49-19-27(36(26)46-2)37(58)51-23-9-10-23;1-25-18-13-6-12(10-2-5-16(20(30)31)26-8-10)15(21(22,23)24)7-17(13)27-9-14(18)19(29)28-11-3-4-11;1-12(15-11-27(26-25-15)10-3-2-9-22)23-14-6-4-5-13-18(14)21(32)28(20(13)31)16-7-8-17(29)24-19(16)30;1-2/h5-8,11,16-21,23,33,50H,3-4,9-10,12-15H2,1-2H3,(H,46,49)(H,47,59)(H,51,58)(H,52,57,60);2,5-9,11H,3-4H2,1H3,(H,25,27)(H,28,29)(H,30,31);4-6,11-12,16,23H,2-3,7-10,22H2,1H3,(H,24,29,30);1H3/i;;;1D. The zero-order chi connectivity index (χ0) is 91.7. The second kappa shape index (κ2) is 38.2. The fraction of sp³-hybridized carbons (Fsp3) is 0.341. The average Bonchev–Trinajstić information content (AvgIpc) is 1.76. The van der Waals surface area contributed by atoms with Gasteiger partial charge in [-0.15, -0.1) is 10.2 Å². The number of halogens is 7. The molecule has 127 heavy (non-hydrogen) atoms. The van der Waals surface area contributed by atoms with E-state index in [1.54, 1.807) is 60.0 Å². The Morgan fingerprint density at radius 2 is 0.969 bits per heavy atom. The first-order chi connectivity index (χ1) is 61.2. The monoisotopic (exact) mass is 1760 g/mol. The number of carboxylic acid groups (broad SMARTS) is 1. The van der Waals surface area contributed by atoms with Crippen LogP contribution in [0.1, 0.15) is 210 Å². The number of carboxylic acids is 1. The smallest absolute Gasteiger partial charge is 0.417 e. The van der Waals surface area contributed by atoms with Gasteiger partial charge < -0.3 is 48.1 Å². The molecule has 0 bridgehead atoms. The Morgan fingerprint density at radius 3 is 1.35 bits per heavy atom. The predicted molar refractivity (Wildman–Crippen MR) is 444 cm³/mol. The fourth-order valence-electron chi connectivity index (χ4n) is 14.9. The topological polar surface area (TPSA) is 479 Å². The van der Waals surface area contributed by atoms with E-state index in [0.717, 1.165) is 72.7 Å². The molecule has 4 aromatic carbocycles. The lowest BCUT2D eigenvalue weighted by molar-refractivity contribution is -0.137. The summed E-state index contributed by atoms with van der Waals surface area (Å²) in [6.45, 7) is 5.77. The number of benzene rings is 4. The van der Waals surface area contributed by atoms with Crippen LogP contribution in [0.2, 0.25) is 0 Å². The number of aryl methyl sites for hydroxylation is 2. The highest BCUT2D eigenvalue weighted by molar-refractivity contribution is 6.27. The summed E-state index contributed by atoms with van der Waals surface area (Å²) in [6, 6.07) is 16.7. The van der Waals surface area contributed by atoms with E-state index < -0.39 is 108 Å². The zero-order valence-corrected chi connectivity index (χ0v) is 68.5. The van der Waals surface area contributed by atoms with Crippen LogP contribution in [0.25, 0.3) is 44.1 Å². The molecule has 10 heterocycles. The van der Waals surface area contributed by atoms with E-state index >= 15 is 0 Å². The van der Waals surface area contributed by atoms with Crippen molar-refractivity contribution in [3.8, 4) is 22.3 Å². The van der Waals surface area contributed by atoms with Gasteiger partial charge in [0.05, 0.1) is 99.9 Å². The maximum atomic E-state index is 14.3. The van der Waals surface area contributed by atoms with E-state index in [1.807, 2.05) is 20.0 Å². The van der Waals surface area contributed by atoms with Crippen molar-refractivity contribution in [1.82, 2.24) is 86.3 Å². The quantitative estimate of drug-likeness (QED) is 0.0129. The molecule has 12 N–H and O–H groups in total. The first-order valence-electron chi connectivity index (χ1n) is 41.0. The number of carbonyl (C=O) groups is 12. The second-order valence-electron chi connectivity index (χ2n) is 30.4. The van der Waals surface area contributed by atoms with Crippen molar-refractivity contribution in [2.45, 2.75) is 153 Å². The normalized spacial score (nSPS) is 16.6. The summed E-state index contributed by atoms with van der Waals surface area (Å²) < 4.78 is 103. The molecule has 662 valence electrons. The third kappa shape index (κ3) is 20.0. The molecule has 2 aliphatic carbocycles. The Labute approximate surface area is 719 Å². The molecule has 0 radical (unpaired) electrons. The maximum Gasteiger partial charge on any atom is 0.417 e. The van der Waals surface area contributed by atoms with Crippen molar-refractivity contribution in [2.75, 3.05) is 55.6 Å². The van der Waals surface area contributed by atoms with Gasteiger partial charge >= 0.3 is 18.3 Å². The molecular weight excluding hydrogens is 1670 g/mol. The number of nitrogens with two attached hydrogens (primary N) is 1. The van der Waals surface area contributed by atoms with Crippen LogP contribution >= 0.6 is 0 Å². The Hall–Kier alpha value is -14.6. The van der Waals surface area contributed by atoms with Crippen molar-refractivity contribution >= 4 is 116 Å². The van der Waals surface area contributed by atoms with Gasteiger partial charge in [0.1, 0.15) is 34.9 Å². The molecule has 11 amide bonds. The van der Waals surface area contributed by atoms with E-state index in [4.69, 9.17) is 12.2 Å². The molecule has 4 fully saturated rings. The first kappa shape index (κ1) is 88.7. The molecule has 6 aromatic heterocycles. The number of unbranched alkanes of at least 4 members (excludes halogenated alkanes) is 2. The number of piperidine rings is 2. The van der Waals surface area contributed by atoms with Gasteiger partial charge in [0.15, 0.2) is 0 Å². The van der Waals surface area contributed by atoms with Gasteiger partial charge in [-0.1, -0.05) is 34.7 Å². The van der Waals surface area contributed by atoms with Crippen LogP contribution in [-0.2, 0) is 44.6 Å². The number of amides is 11. The molecule has 35 nitrogen and oxygen atoms in total. The lowest BCUT2D eigenvalue weighted by atomic mass is 9.96. The molecule has 4 aliphatic heterocycles. The number of aromatic carboxylic acids is 1. The highest BCUT2D eigenvalue weighted by Crippen LogP contribution is 2.45. The Balaban J connectivity index is 0.000000178. The SMILES string of the molecule is CC(Nc1cccc2c1C(=O)N(C1CCC(=O)NC1=O)C2=O)c1cn(CCCCN)nn1.CNc1c(C(=O)NC2CC2)cnc2cc(C(F)(F)F)c(-c3ccc(C(=O)NCCCCn4cc(C(C)Nc5cccc6c5C(=O)N(C5CCC(=O)NC5=O)C6=O)nn4)nc3)cc12.CNc1c(C(=O)NC2CC2)cnc2cc(C(F)(F)F)c(-c3ccc(C(=O)O)nc3)cc12.[2H]CF. The number of carbonyl (C=O) groups excluding carboxylic acids is 11. The minimum absolute atomic E-state index is 0.0135. The minimum Gasteiger partial charge on any atom is -0.477 e. The van der Waals surface area contributed by atoms with Crippen LogP contribution in [0.15, 0.2) is 122 Å². The van der Waals surface area contributed by atoms with E-state index in [0.29, 0.717) is 77.4 Å². The summed E-state index contributed by atoms with van der Waals surface area (Å²) in [5.41, 5.74) is 7.28. The minimum atomic E-state index is -4.73. The summed E-state index contributed by atoms with van der Waals surface area (Å²) in [6.07, 6.45) is 5.68. The lowest BCUT2D eigenvalue weighted by Gasteiger charge is -2.27. The van der Waals surface area contributed by atoms with Gasteiger partial charge in [-0.05, 0) is 156 Å². The first-order valence-corrected chi connectivity index (χ1v) is 40.3. The fourth-order valence-corrected chi connectivity index (χ4v) is 14.9. The molecule has 42 heteroatoms. The van der Waals surface area contributed by atoms with Crippen LogP contribution in [0.3, 0.4) is 0 Å². The second-order valence-corrected chi connectivity index (χ2v) is 30.4. The third-order valence-electron chi connectivity index (χ3n) is 21.7. The van der Waals surface area contributed by atoms with Crippen molar-refractivity contribution in [3.05, 3.63) is 189 Å². The molecular formula is C85H85F7N22O13. The number of rotatable bonds is 27. The van der Waals surface area contributed by atoms with E-state index in [1.165, 1.54) is 55.0 Å². The van der Waals surface area contributed by atoms with Gasteiger partial charge in [0.2, 0.25) is 23.6 Å². The number of aromatic nitrogens is 10. The molecule has 10 aromatic rings. The van der Waals surface area contributed by atoms with Gasteiger partial charge in [-0.2, -0.15) is 26.3 Å². The van der Waals surface area contributed by atoms with E-state index in [2.05, 4.69) is 88.4 Å². The summed E-state index contributed by atoms with van der Waals surface area (Å²) in [5.74, 6) is -7.04. The molecule has 16 rings (SSSR count). The summed E-state index contributed by atoms with van der Waals surface area (Å²) >= 11 is 0. The van der Waals surface area contributed by atoms with Gasteiger partial charge in [-0.3, -0.25) is 102 Å². The molecule has 4 unspecified atom stereocenters. The van der Waals surface area contributed by atoms with Crippen molar-refractivity contribution in [3.63, 3.8) is 0 Å². The van der Waals surface area contributed by atoms with Crippen molar-refractivity contribution in [1.29, 1.82) is 0 Å². The summed E-state index contributed by atoms with van der Waals surface area (Å²) in [7, 11) is 2.15. The number of anilines is 4. The lowest BCUT2D eigenvalue weighted by Crippen LogP contribution is -2.54. The van der Waals surface area contributed by atoms with Crippen molar-refractivity contribution < 1.29 is 94.7 Å². The van der Waals surface area contributed by atoms with Crippen molar-refractivity contribution in [2.24, 2.45) is 5.73 Å². The van der Waals surface area contributed by atoms with E-state index in [9.17, 15) is 88.3 Å². The Bertz CT molecular complexity index is 6030. The summed E-state index contributed by atoms with van der Waals surface area (Å²) in [4.78, 5) is 168. The van der Waals surface area contributed by atoms with Gasteiger partial charge in [0, 0.05) is 117 Å². The van der Waals surface area contributed by atoms with E-state index in [-0.39, 0.29) is 140 Å². The molecule has 4 atom stereocenters. The van der Waals surface area contributed by atoms with Gasteiger partial charge in [-0.25, -0.2) is 9.78 Å². The van der Waals surface area contributed by atoms with Crippen LogP contribution < -0.4 is 53.6 Å². The Kier molecular flexibility index (Phi) is 26.7. The molecule has 6 aliphatic rings. The molecule has 2 saturated carbocycles. The maximum absolute atomic E-state index is 14.3. The van der Waals surface area contributed by atoms with Crippen LogP contribution in [0.4, 0.5) is 53.5 Å². The van der Waals surface area contributed by atoms with Crippen LogP contribution in [-0.4, -0.2) is 194 Å². The highest BCUT2D eigenvalue weighted by Gasteiger charge is 2.48. The predicted octanol–water partition coefficient (Wildman–Crippen LogP) is 9.75. The van der Waals surface area contributed by atoms with Crippen LogP contribution in [0.5, 0.6) is 0 Å². The van der Waals surface area contributed by atoms with Crippen LogP contribution in [0, 0.1) is 0 Å². The van der Waals surface area contributed by atoms with Gasteiger partial charge in [0.25, 0.3) is 41.4 Å². The summed E-state index contributed by atoms with van der Waals surface area (Å²) in [5, 5.41) is 51.6. The number of nitrogens with one attached hydrogen (secondary N) is 9. The average molecular weight is 1760 g/mol. The number of hydrogen-bond acceptors (Lipinski definition) is 25. The number of alkyl halides is 7. The number of hydrogen-bond donors (Lipinski definition) is 11.